The molecule has 8 nitrogen and oxygen atoms in total. The molecule has 1 unspecified atom stereocenters. The zero-order valence-electron chi connectivity index (χ0n) is 19.5. The number of rotatable bonds is 6. The van der Waals surface area contributed by atoms with Crippen molar-refractivity contribution in [2.24, 2.45) is 0 Å². The molecule has 4 aromatic heterocycles. The number of aromatic nitrogens is 6. The quantitative estimate of drug-likeness (QED) is 0.344. The maximum Gasteiger partial charge on any atom is 0.191 e. The van der Waals surface area contributed by atoms with E-state index < -0.39 is 5.82 Å². The Morgan fingerprint density at radius 2 is 2.03 bits per heavy atom. The first kappa shape index (κ1) is 22.7. The number of thiocarbonyl (C=S) groups is 1. The Bertz CT molecular complexity index is 1560. The smallest absolute Gasteiger partial charge is 0.191 e. The van der Waals surface area contributed by atoms with Crippen LogP contribution in [-0.4, -0.2) is 48.1 Å². The number of nitrogens with zero attached hydrogens (tertiary/aromatic N) is 6. The van der Waals surface area contributed by atoms with Crippen LogP contribution in [0.1, 0.15) is 29.7 Å². The summed E-state index contributed by atoms with van der Waals surface area (Å²) in [5, 5.41) is 11.6. The first-order chi connectivity index (χ1) is 17.0. The Labute approximate surface area is 206 Å². The minimum atomic E-state index is -0.418. The fourth-order valence-corrected chi connectivity index (χ4v) is 4.24. The van der Waals surface area contributed by atoms with Gasteiger partial charge in [-0.25, -0.2) is 23.9 Å². The van der Waals surface area contributed by atoms with E-state index in [0.717, 1.165) is 22.0 Å². The first-order valence-corrected chi connectivity index (χ1v) is 11.5. The molecule has 5 rings (SSSR count). The number of hydrogen-bond donors (Lipinski definition) is 2. The van der Waals surface area contributed by atoms with E-state index >= 15 is 0 Å². The summed E-state index contributed by atoms with van der Waals surface area (Å²) in [5.41, 5.74) is 4.89. The molecular weight excluding hydrogens is 463 g/mol. The van der Waals surface area contributed by atoms with Gasteiger partial charge in [-0.05, 0) is 18.6 Å². The molecule has 35 heavy (non-hydrogen) atoms. The van der Waals surface area contributed by atoms with Gasteiger partial charge in [0.2, 0.25) is 0 Å². The van der Waals surface area contributed by atoms with E-state index in [1.54, 1.807) is 25.5 Å². The molecule has 0 fully saturated rings. The summed E-state index contributed by atoms with van der Waals surface area (Å²) in [7, 11) is 1.82. The van der Waals surface area contributed by atoms with Gasteiger partial charge < -0.3 is 10.6 Å². The predicted octanol–water partition coefficient (Wildman–Crippen LogP) is 4.29. The van der Waals surface area contributed by atoms with E-state index in [1.807, 2.05) is 31.3 Å². The van der Waals surface area contributed by atoms with Crippen molar-refractivity contribution < 1.29 is 4.39 Å². The van der Waals surface area contributed by atoms with Crippen LogP contribution in [0.2, 0.25) is 0 Å². The van der Waals surface area contributed by atoms with Crippen molar-refractivity contribution in [2.45, 2.75) is 19.8 Å². The van der Waals surface area contributed by atoms with Crippen molar-refractivity contribution in [1.29, 1.82) is 0 Å². The number of para-hydroxylation sites is 1. The Morgan fingerprint density at radius 1 is 1.17 bits per heavy atom. The van der Waals surface area contributed by atoms with Gasteiger partial charge in [0.05, 0.1) is 16.9 Å². The van der Waals surface area contributed by atoms with Gasteiger partial charge in [0.25, 0.3) is 0 Å². The zero-order chi connectivity index (χ0) is 24.5. The van der Waals surface area contributed by atoms with Crippen LogP contribution in [0.5, 0.6) is 0 Å². The molecule has 0 radical (unpaired) electrons. The zero-order valence-corrected chi connectivity index (χ0v) is 20.3. The van der Waals surface area contributed by atoms with Crippen LogP contribution in [-0.2, 0) is 0 Å². The number of anilines is 1. The maximum absolute atomic E-state index is 14.1. The molecule has 5 aromatic rings. The molecule has 0 aliphatic rings. The number of halogens is 1. The van der Waals surface area contributed by atoms with Gasteiger partial charge >= 0.3 is 0 Å². The molecule has 10 heteroatoms. The lowest BCUT2D eigenvalue weighted by atomic mass is 9.96. The number of fused-ring (bicyclic) bond motifs is 2. The van der Waals surface area contributed by atoms with Gasteiger partial charge in [-0.2, -0.15) is 5.10 Å². The number of pyridine rings is 1. The fourth-order valence-electron chi connectivity index (χ4n) is 4.06. The Balaban J connectivity index is 1.38. The Morgan fingerprint density at radius 3 is 2.86 bits per heavy atom. The molecule has 0 bridgehead atoms. The summed E-state index contributed by atoms with van der Waals surface area (Å²) >= 11 is 5.47. The van der Waals surface area contributed by atoms with Crippen LogP contribution in [0.25, 0.3) is 27.8 Å². The van der Waals surface area contributed by atoms with E-state index in [-0.39, 0.29) is 11.6 Å². The second kappa shape index (κ2) is 9.30. The van der Waals surface area contributed by atoms with Crippen molar-refractivity contribution in [1.82, 2.24) is 34.9 Å². The van der Waals surface area contributed by atoms with Crippen LogP contribution < -0.4 is 10.6 Å². The van der Waals surface area contributed by atoms with E-state index in [1.165, 1.54) is 10.8 Å². The van der Waals surface area contributed by atoms with Crippen molar-refractivity contribution in [3.8, 4) is 11.3 Å². The number of benzene rings is 1. The van der Waals surface area contributed by atoms with Gasteiger partial charge in [0.15, 0.2) is 11.5 Å². The monoisotopic (exact) mass is 486 g/mol. The number of nitrogens with one attached hydrogen (secondary N) is 2. The maximum atomic E-state index is 14.1. The molecular formula is C25H23FN8S. The van der Waals surface area contributed by atoms with Crippen LogP contribution in [0.15, 0.2) is 55.2 Å². The SMILES string of the molecule is CNC(=S)c1ccnc2c(C(C)CNc3cc(-c4cnc5c(F)c(C)nn5c4)ncn3)cccc12. The molecule has 1 aromatic carbocycles. The number of hydrogen-bond acceptors (Lipinski definition) is 7. The van der Waals surface area contributed by atoms with Gasteiger partial charge in [0.1, 0.15) is 17.1 Å². The van der Waals surface area contributed by atoms with Crippen LogP contribution in [0.3, 0.4) is 0 Å². The molecule has 2 N–H and O–H groups in total. The molecule has 176 valence electrons. The van der Waals surface area contributed by atoms with Gasteiger partial charge in [-0.1, -0.05) is 37.3 Å². The third kappa shape index (κ3) is 4.28. The van der Waals surface area contributed by atoms with E-state index in [0.29, 0.717) is 34.3 Å². The summed E-state index contributed by atoms with van der Waals surface area (Å²) in [4.78, 5) is 18.2. The standard InChI is InChI=1S/C25H23FN8S/c1-14(17-5-4-6-18-19(25(35)27-3)7-8-28-23(17)18)10-29-21-9-20(31-13-32-21)16-11-30-24-22(26)15(2)33-34(24)12-16/h4-9,11-14H,10H2,1-3H3,(H,27,35)(H,29,31,32). The van der Waals surface area contributed by atoms with Gasteiger partial charge in [-0.15, -0.1) is 0 Å². The summed E-state index contributed by atoms with van der Waals surface area (Å²) in [6, 6.07) is 9.93. The van der Waals surface area contributed by atoms with Crippen molar-refractivity contribution in [3.05, 3.63) is 77.9 Å². The lowest BCUT2D eigenvalue weighted by molar-refractivity contribution is 0.626. The molecule has 0 spiro atoms. The summed E-state index contributed by atoms with van der Waals surface area (Å²) in [6.07, 6.45) is 6.58. The van der Waals surface area contributed by atoms with Crippen molar-refractivity contribution >= 4 is 39.6 Å². The summed E-state index contributed by atoms with van der Waals surface area (Å²) < 4.78 is 15.5. The van der Waals surface area contributed by atoms with Gasteiger partial charge in [-0.3, -0.25) is 4.98 Å². The third-order valence-corrected chi connectivity index (χ3v) is 6.36. The van der Waals surface area contributed by atoms with Crippen LogP contribution in [0, 0.1) is 12.7 Å². The normalized spacial score (nSPS) is 12.1. The van der Waals surface area contributed by atoms with E-state index in [9.17, 15) is 4.39 Å². The Hall–Kier alpha value is -4.05. The minimum Gasteiger partial charge on any atom is -0.379 e. The van der Waals surface area contributed by atoms with E-state index in [4.69, 9.17) is 12.2 Å². The average molecular weight is 487 g/mol. The van der Waals surface area contributed by atoms with Crippen LogP contribution in [0.4, 0.5) is 10.2 Å². The van der Waals surface area contributed by atoms with Crippen molar-refractivity contribution in [2.75, 3.05) is 18.9 Å². The minimum absolute atomic E-state index is 0.149. The lowest BCUT2D eigenvalue weighted by Gasteiger charge is -2.17. The average Bonchev–Trinajstić information content (AvgIpc) is 3.18. The van der Waals surface area contributed by atoms with Crippen LogP contribution >= 0.6 is 12.2 Å². The predicted molar refractivity (Wildman–Crippen MR) is 138 cm³/mol. The molecule has 0 saturated heterocycles. The van der Waals surface area contributed by atoms with Crippen molar-refractivity contribution in [3.63, 3.8) is 0 Å². The first-order valence-electron chi connectivity index (χ1n) is 11.1. The second-order valence-corrected chi connectivity index (χ2v) is 8.67. The molecule has 1 atom stereocenters. The highest BCUT2D eigenvalue weighted by Gasteiger charge is 2.15. The fraction of sp³-hybridized carbons (Fsp3) is 0.200. The second-order valence-electron chi connectivity index (χ2n) is 8.26. The Kier molecular flexibility index (Phi) is 6.04. The largest absolute Gasteiger partial charge is 0.379 e. The highest BCUT2D eigenvalue weighted by atomic mass is 32.1. The van der Waals surface area contributed by atoms with E-state index in [2.05, 4.69) is 48.7 Å². The summed E-state index contributed by atoms with van der Waals surface area (Å²) in [6.45, 7) is 4.39. The topological polar surface area (TPSA) is 92.9 Å². The molecule has 0 aliphatic heterocycles. The highest BCUT2D eigenvalue weighted by molar-refractivity contribution is 7.80. The van der Waals surface area contributed by atoms with Gasteiger partial charge in [0, 0.05) is 60.7 Å². The molecule has 4 heterocycles. The summed E-state index contributed by atoms with van der Waals surface area (Å²) in [5.74, 6) is 0.407. The number of aryl methyl sites for hydroxylation is 1. The molecule has 0 amide bonds. The lowest BCUT2D eigenvalue weighted by Crippen LogP contribution is -2.17. The third-order valence-electron chi connectivity index (χ3n) is 5.93. The molecule has 0 saturated carbocycles. The molecule has 0 aliphatic carbocycles. The highest BCUT2D eigenvalue weighted by Crippen LogP contribution is 2.27.